The first kappa shape index (κ1) is 13.7. The lowest BCUT2D eigenvalue weighted by Crippen LogP contribution is -2.16. The summed E-state index contributed by atoms with van der Waals surface area (Å²) in [6.45, 7) is 1.13. The third kappa shape index (κ3) is 4.17. The van der Waals surface area contributed by atoms with E-state index in [1.54, 1.807) is 4.90 Å². The zero-order valence-electron chi connectivity index (χ0n) is 10.2. The van der Waals surface area contributed by atoms with Crippen LogP contribution in [-0.4, -0.2) is 4.90 Å². The van der Waals surface area contributed by atoms with E-state index in [1.165, 1.54) is 0 Å². The zero-order valence-corrected chi connectivity index (χ0v) is 11.7. The van der Waals surface area contributed by atoms with Crippen LogP contribution in [0.15, 0.2) is 48.5 Å². The van der Waals surface area contributed by atoms with E-state index in [4.69, 9.17) is 23.2 Å². The molecule has 0 aliphatic carbocycles. The standard InChI is InChI=1S/C15H12Cl2N2/c16-14-5-1-12(2-6-14)9-19(11-18)10-13-3-7-15(17)8-4-13/h1-8H,9-10H2. The lowest BCUT2D eigenvalue weighted by molar-refractivity contribution is 0.378. The van der Waals surface area contributed by atoms with Crippen LogP contribution in [0.2, 0.25) is 10.0 Å². The predicted octanol–water partition coefficient (Wildman–Crippen LogP) is 4.48. The maximum absolute atomic E-state index is 9.18. The van der Waals surface area contributed by atoms with Crippen LogP contribution in [0.5, 0.6) is 0 Å². The van der Waals surface area contributed by atoms with Gasteiger partial charge in [-0.1, -0.05) is 47.5 Å². The average Bonchev–Trinajstić information content (AvgIpc) is 2.43. The van der Waals surface area contributed by atoms with E-state index in [0.29, 0.717) is 23.1 Å². The molecule has 0 N–H and O–H groups in total. The van der Waals surface area contributed by atoms with E-state index in [0.717, 1.165) is 11.1 Å². The normalized spacial score (nSPS) is 9.95. The van der Waals surface area contributed by atoms with Gasteiger partial charge in [-0.3, -0.25) is 0 Å². The molecule has 0 bridgehead atoms. The molecular formula is C15H12Cl2N2. The zero-order chi connectivity index (χ0) is 13.7. The Kier molecular flexibility index (Phi) is 4.68. The molecule has 0 heterocycles. The molecule has 0 spiro atoms. The molecule has 2 rings (SSSR count). The molecule has 2 aromatic carbocycles. The number of halogens is 2. The Morgan fingerprint density at radius 1 is 0.789 bits per heavy atom. The summed E-state index contributed by atoms with van der Waals surface area (Å²) >= 11 is 11.7. The molecule has 0 aliphatic heterocycles. The van der Waals surface area contributed by atoms with Crippen LogP contribution >= 0.6 is 23.2 Å². The molecule has 0 unspecified atom stereocenters. The van der Waals surface area contributed by atoms with Crippen molar-refractivity contribution in [2.24, 2.45) is 0 Å². The van der Waals surface area contributed by atoms with E-state index >= 15 is 0 Å². The minimum absolute atomic E-state index is 0.566. The van der Waals surface area contributed by atoms with E-state index in [2.05, 4.69) is 6.19 Å². The Hall–Kier alpha value is -1.69. The van der Waals surface area contributed by atoms with Gasteiger partial charge in [0.1, 0.15) is 0 Å². The highest BCUT2D eigenvalue weighted by atomic mass is 35.5. The van der Waals surface area contributed by atoms with E-state index in [-0.39, 0.29) is 0 Å². The lowest BCUT2D eigenvalue weighted by Gasteiger charge is -2.15. The van der Waals surface area contributed by atoms with Crippen molar-refractivity contribution in [1.29, 1.82) is 5.26 Å². The summed E-state index contributed by atoms with van der Waals surface area (Å²) in [6, 6.07) is 15.0. The average molecular weight is 291 g/mol. The fourth-order valence-electron chi connectivity index (χ4n) is 1.75. The van der Waals surface area contributed by atoms with Crippen LogP contribution < -0.4 is 0 Å². The summed E-state index contributed by atoms with van der Waals surface area (Å²) in [5.41, 5.74) is 2.11. The summed E-state index contributed by atoms with van der Waals surface area (Å²) in [5, 5.41) is 10.6. The van der Waals surface area contributed by atoms with Crippen molar-refractivity contribution in [3.8, 4) is 6.19 Å². The van der Waals surface area contributed by atoms with Crippen molar-refractivity contribution in [1.82, 2.24) is 4.90 Å². The number of nitrogens with zero attached hydrogens (tertiary/aromatic N) is 2. The lowest BCUT2D eigenvalue weighted by atomic mass is 10.2. The van der Waals surface area contributed by atoms with Crippen molar-refractivity contribution in [2.45, 2.75) is 13.1 Å². The Balaban J connectivity index is 2.03. The summed E-state index contributed by atoms with van der Waals surface area (Å²) in [4.78, 5) is 1.69. The second-order valence-electron chi connectivity index (χ2n) is 4.21. The summed E-state index contributed by atoms with van der Waals surface area (Å²) < 4.78 is 0. The molecule has 4 heteroatoms. The number of hydrogen-bond donors (Lipinski definition) is 0. The molecule has 0 saturated heterocycles. The first-order chi connectivity index (χ1) is 9.17. The predicted molar refractivity (Wildman–Crippen MR) is 77.8 cm³/mol. The monoisotopic (exact) mass is 290 g/mol. The largest absolute Gasteiger partial charge is 0.302 e. The van der Waals surface area contributed by atoms with Crippen LogP contribution in [0.4, 0.5) is 0 Å². The summed E-state index contributed by atoms with van der Waals surface area (Å²) in [7, 11) is 0. The fourth-order valence-corrected chi connectivity index (χ4v) is 2.00. The Labute approximate surface area is 122 Å². The van der Waals surface area contributed by atoms with E-state index < -0.39 is 0 Å². The van der Waals surface area contributed by atoms with Crippen molar-refractivity contribution in [2.75, 3.05) is 0 Å². The Morgan fingerprint density at radius 2 is 1.16 bits per heavy atom. The summed E-state index contributed by atoms with van der Waals surface area (Å²) in [6.07, 6.45) is 2.20. The van der Waals surface area contributed by atoms with Crippen LogP contribution in [0, 0.1) is 11.5 Å². The highest BCUT2D eigenvalue weighted by Gasteiger charge is 2.05. The molecule has 96 valence electrons. The van der Waals surface area contributed by atoms with Crippen molar-refractivity contribution < 1.29 is 0 Å². The molecular weight excluding hydrogens is 279 g/mol. The van der Waals surface area contributed by atoms with Crippen LogP contribution in [0.3, 0.4) is 0 Å². The Morgan fingerprint density at radius 3 is 1.47 bits per heavy atom. The fraction of sp³-hybridized carbons (Fsp3) is 0.133. The topological polar surface area (TPSA) is 27.0 Å². The number of hydrogen-bond acceptors (Lipinski definition) is 2. The van der Waals surface area contributed by atoms with Crippen LogP contribution in [0.1, 0.15) is 11.1 Å². The smallest absolute Gasteiger partial charge is 0.179 e. The molecule has 0 saturated carbocycles. The molecule has 0 fully saturated rings. The molecule has 0 radical (unpaired) electrons. The van der Waals surface area contributed by atoms with Gasteiger partial charge in [0.15, 0.2) is 6.19 Å². The van der Waals surface area contributed by atoms with Gasteiger partial charge in [-0.25, -0.2) is 0 Å². The molecule has 2 nitrogen and oxygen atoms in total. The van der Waals surface area contributed by atoms with Crippen LogP contribution in [0.25, 0.3) is 0 Å². The van der Waals surface area contributed by atoms with Gasteiger partial charge in [0.25, 0.3) is 0 Å². The molecule has 0 atom stereocenters. The molecule has 0 aromatic heterocycles. The molecule has 0 amide bonds. The third-order valence-corrected chi connectivity index (χ3v) is 3.22. The molecule has 19 heavy (non-hydrogen) atoms. The first-order valence-electron chi connectivity index (χ1n) is 5.81. The number of rotatable bonds is 4. The first-order valence-corrected chi connectivity index (χ1v) is 6.56. The maximum Gasteiger partial charge on any atom is 0.179 e. The highest BCUT2D eigenvalue weighted by Crippen LogP contribution is 2.14. The SMILES string of the molecule is N#CN(Cc1ccc(Cl)cc1)Cc1ccc(Cl)cc1. The third-order valence-electron chi connectivity index (χ3n) is 2.71. The van der Waals surface area contributed by atoms with Gasteiger partial charge >= 0.3 is 0 Å². The maximum atomic E-state index is 9.18. The minimum Gasteiger partial charge on any atom is -0.302 e. The quantitative estimate of drug-likeness (QED) is 0.613. The van der Waals surface area contributed by atoms with Gasteiger partial charge in [0.2, 0.25) is 0 Å². The number of benzene rings is 2. The van der Waals surface area contributed by atoms with E-state index in [1.807, 2.05) is 48.5 Å². The highest BCUT2D eigenvalue weighted by molar-refractivity contribution is 6.30. The summed E-state index contributed by atoms with van der Waals surface area (Å²) in [5.74, 6) is 0. The van der Waals surface area contributed by atoms with Gasteiger partial charge in [-0.05, 0) is 35.4 Å². The van der Waals surface area contributed by atoms with Gasteiger partial charge in [-0.2, -0.15) is 5.26 Å². The van der Waals surface area contributed by atoms with Crippen molar-refractivity contribution in [3.05, 3.63) is 69.7 Å². The van der Waals surface area contributed by atoms with E-state index in [9.17, 15) is 5.26 Å². The second-order valence-corrected chi connectivity index (χ2v) is 5.08. The second kappa shape index (κ2) is 6.47. The van der Waals surface area contributed by atoms with Crippen LogP contribution in [-0.2, 0) is 13.1 Å². The van der Waals surface area contributed by atoms with Gasteiger partial charge in [0.05, 0.1) is 13.1 Å². The molecule has 2 aromatic rings. The van der Waals surface area contributed by atoms with Gasteiger partial charge in [0, 0.05) is 10.0 Å². The van der Waals surface area contributed by atoms with Crippen molar-refractivity contribution >= 4 is 23.2 Å². The Bertz CT molecular complexity index is 523. The number of nitriles is 1. The van der Waals surface area contributed by atoms with Crippen molar-refractivity contribution in [3.63, 3.8) is 0 Å². The molecule has 0 aliphatic rings. The minimum atomic E-state index is 0.566. The van der Waals surface area contributed by atoms with Gasteiger partial charge < -0.3 is 4.90 Å². The van der Waals surface area contributed by atoms with Gasteiger partial charge in [-0.15, -0.1) is 0 Å².